The molecule has 3 aromatic carbocycles. The van der Waals surface area contributed by atoms with Crippen LogP contribution in [0.5, 0.6) is 5.75 Å². The first-order chi connectivity index (χ1) is 14.7. The standard InChI is InChI=1S/C26H20N2O2/c1-18-15-24(25(16-27)26(29)28-18)23-10-6-5-9-22(23)20-11-13-21(14-12-20)30-17-19-7-3-2-4-8-19/h2-15H,17H2,1H3,(H,28,29). The molecule has 146 valence electrons. The number of ether oxygens (including phenoxy) is 1. The minimum atomic E-state index is -0.369. The van der Waals surface area contributed by atoms with Gasteiger partial charge in [-0.15, -0.1) is 0 Å². The Morgan fingerprint density at radius 3 is 2.23 bits per heavy atom. The van der Waals surface area contributed by atoms with Crippen molar-refractivity contribution in [2.75, 3.05) is 0 Å². The first-order valence-corrected chi connectivity index (χ1v) is 9.66. The maximum absolute atomic E-state index is 12.3. The zero-order valence-corrected chi connectivity index (χ0v) is 16.6. The molecule has 0 saturated heterocycles. The van der Waals surface area contributed by atoms with Crippen LogP contribution in [-0.2, 0) is 6.61 Å². The summed E-state index contributed by atoms with van der Waals surface area (Å²) in [6.07, 6.45) is 0. The summed E-state index contributed by atoms with van der Waals surface area (Å²) < 4.78 is 5.88. The molecule has 4 heteroatoms. The molecule has 0 aliphatic heterocycles. The summed E-state index contributed by atoms with van der Waals surface area (Å²) in [6.45, 7) is 2.32. The van der Waals surface area contributed by atoms with Gasteiger partial charge in [0.05, 0.1) is 0 Å². The van der Waals surface area contributed by atoms with E-state index < -0.39 is 0 Å². The van der Waals surface area contributed by atoms with E-state index in [1.807, 2.05) is 97.9 Å². The number of pyridine rings is 1. The lowest BCUT2D eigenvalue weighted by atomic mass is 9.92. The first kappa shape index (κ1) is 19.2. The molecule has 4 rings (SSSR count). The van der Waals surface area contributed by atoms with Crippen LogP contribution in [-0.4, -0.2) is 4.98 Å². The monoisotopic (exact) mass is 392 g/mol. The van der Waals surface area contributed by atoms with Gasteiger partial charge in [-0.3, -0.25) is 4.79 Å². The average molecular weight is 392 g/mol. The van der Waals surface area contributed by atoms with Gasteiger partial charge in [-0.1, -0.05) is 66.7 Å². The van der Waals surface area contributed by atoms with Gasteiger partial charge in [0.2, 0.25) is 0 Å². The lowest BCUT2D eigenvalue weighted by molar-refractivity contribution is 0.306. The number of aromatic nitrogens is 1. The van der Waals surface area contributed by atoms with E-state index in [9.17, 15) is 10.1 Å². The molecule has 0 bridgehead atoms. The maximum Gasteiger partial charge on any atom is 0.266 e. The molecule has 0 radical (unpaired) electrons. The van der Waals surface area contributed by atoms with Crippen LogP contribution in [0.4, 0.5) is 0 Å². The topological polar surface area (TPSA) is 65.9 Å². The molecule has 4 aromatic rings. The van der Waals surface area contributed by atoms with E-state index in [1.165, 1.54) is 0 Å². The summed E-state index contributed by atoms with van der Waals surface area (Å²) in [7, 11) is 0. The lowest BCUT2D eigenvalue weighted by Crippen LogP contribution is -2.12. The molecule has 0 atom stereocenters. The van der Waals surface area contributed by atoms with Crippen molar-refractivity contribution < 1.29 is 4.74 Å². The van der Waals surface area contributed by atoms with E-state index in [0.29, 0.717) is 17.9 Å². The van der Waals surface area contributed by atoms with Gasteiger partial charge in [-0.05, 0) is 47.4 Å². The van der Waals surface area contributed by atoms with Crippen LogP contribution in [0, 0.1) is 18.3 Å². The highest BCUT2D eigenvalue weighted by Crippen LogP contribution is 2.34. The van der Waals surface area contributed by atoms with Crippen LogP contribution in [0.2, 0.25) is 0 Å². The highest BCUT2D eigenvalue weighted by molar-refractivity contribution is 5.85. The zero-order chi connectivity index (χ0) is 20.9. The molecule has 0 aliphatic carbocycles. The number of benzene rings is 3. The zero-order valence-electron chi connectivity index (χ0n) is 16.6. The van der Waals surface area contributed by atoms with Crippen molar-refractivity contribution in [3.63, 3.8) is 0 Å². The normalized spacial score (nSPS) is 10.4. The smallest absolute Gasteiger partial charge is 0.266 e. The Morgan fingerprint density at radius 1 is 0.867 bits per heavy atom. The number of aromatic amines is 1. The number of rotatable bonds is 5. The van der Waals surface area contributed by atoms with Gasteiger partial charge in [0.25, 0.3) is 5.56 Å². The van der Waals surface area contributed by atoms with Crippen molar-refractivity contribution in [3.8, 4) is 34.1 Å². The SMILES string of the molecule is Cc1cc(-c2ccccc2-c2ccc(OCc3ccccc3)cc2)c(C#N)c(=O)[nH]1. The number of aryl methyl sites for hydroxylation is 1. The predicted molar refractivity (Wildman–Crippen MR) is 118 cm³/mol. The van der Waals surface area contributed by atoms with E-state index in [4.69, 9.17) is 4.74 Å². The van der Waals surface area contributed by atoms with Crippen molar-refractivity contribution in [3.05, 3.63) is 112 Å². The fourth-order valence-electron chi connectivity index (χ4n) is 3.45. The Labute approximate surface area is 175 Å². The molecule has 1 N–H and O–H groups in total. The summed E-state index contributed by atoms with van der Waals surface area (Å²) in [6, 6.07) is 29.5. The quantitative estimate of drug-likeness (QED) is 0.490. The second-order valence-corrected chi connectivity index (χ2v) is 7.03. The van der Waals surface area contributed by atoms with Crippen LogP contribution >= 0.6 is 0 Å². The summed E-state index contributed by atoms with van der Waals surface area (Å²) >= 11 is 0. The minimum Gasteiger partial charge on any atom is -0.489 e. The molecule has 4 nitrogen and oxygen atoms in total. The molecule has 0 fully saturated rings. The first-order valence-electron chi connectivity index (χ1n) is 9.66. The number of nitrogens with zero attached hydrogens (tertiary/aromatic N) is 1. The molecule has 0 saturated carbocycles. The Bertz CT molecular complexity index is 1270. The third-order valence-corrected chi connectivity index (χ3v) is 4.91. The number of nitrogens with one attached hydrogen (secondary N) is 1. The molecule has 0 amide bonds. The number of H-pyrrole nitrogens is 1. The van der Waals surface area contributed by atoms with Crippen LogP contribution in [0.3, 0.4) is 0 Å². The van der Waals surface area contributed by atoms with Gasteiger partial charge in [-0.2, -0.15) is 5.26 Å². The average Bonchev–Trinajstić information content (AvgIpc) is 2.78. The van der Waals surface area contributed by atoms with Crippen molar-refractivity contribution in [2.24, 2.45) is 0 Å². The largest absolute Gasteiger partial charge is 0.489 e. The van der Waals surface area contributed by atoms with E-state index in [1.54, 1.807) is 0 Å². The Kier molecular flexibility index (Phi) is 5.45. The molecule has 1 heterocycles. The predicted octanol–water partition coefficient (Wildman–Crippen LogP) is 5.47. The Hall–Kier alpha value is -4.10. The van der Waals surface area contributed by atoms with E-state index in [2.05, 4.69) is 4.98 Å². The molecule has 0 spiro atoms. The van der Waals surface area contributed by atoms with E-state index >= 15 is 0 Å². The van der Waals surface area contributed by atoms with Gasteiger partial charge in [0.1, 0.15) is 24.0 Å². The van der Waals surface area contributed by atoms with Crippen molar-refractivity contribution in [1.82, 2.24) is 4.98 Å². The highest BCUT2D eigenvalue weighted by Gasteiger charge is 2.14. The second kappa shape index (κ2) is 8.50. The molecular formula is C26H20N2O2. The van der Waals surface area contributed by atoms with E-state index in [-0.39, 0.29) is 11.1 Å². The Balaban J connectivity index is 1.67. The van der Waals surface area contributed by atoms with Crippen LogP contribution in [0.25, 0.3) is 22.3 Å². The fourth-order valence-corrected chi connectivity index (χ4v) is 3.45. The maximum atomic E-state index is 12.3. The van der Waals surface area contributed by atoms with Gasteiger partial charge < -0.3 is 9.72 Å². The number of hydrogen-bond donors (Lipinski definition) is 1. The van der Waals surface area contributed by atoms with Crippen molar-refractivity contribution >= 4 is 0 Å². The summed E-state index contributed by atoms with van der Waals surface area (Å²) in [5.74, 6) is 0.782. The summed E-state index contributed by atoms with van der Waals surface area (Å²) in [4.78, 5) is 15.0. The number of nitriles is 1. The molecule has 30 heavy (non-hydrogen) atoms. The number of hydrogen-bond acceptors (Lipinski definition) is 3. The molecule has 0 aliphatic rings. The van der Waals surface area contributed by atoms with Gasteiger partial charge >= 0.3 is 0 Å². The van der Waals surface area contributed by atoms with Crippen LogP contribution in [0.15, 0.2) is 89.7 Å². The van der Waals surface area contributed by atoms with Crippen molar-refractivity contribution in [1.29, 1.82) is 5.26 Å². The Morgan fingerprint density at radius 2 is 1.53 bits per heavy atom. The van der Waals surface area contributed by atoms with Gasteiger partial charge in [0.15, 0.2) is 0 Å². The minimum absolute atomic E-state index is 0.121. The third-order valence-electron chi connectivity index (χ3n) is 4.91. The molecular weight excluding hydrogens is 372 g/mol. The van der Waals surface area contributed by atoms with Crippen molar-refractivity contribution in [2.45, 2.75) is 13.5 Å². The third kappa shape index (κ3) is 4.01. The molecule has 1 aromatic heterocycles. The van der Waals surface area contributed by atoms with E-state index in [0.717, 1.165) is 28.0 Å². The lowest BCUT2D eigenvalue weighted by Gasteiger charge is -2.13. The van der Waals surface area contributed by atoms with Gasteiger partial charge in [0, 0.05) is 11.3 Å². The summed E-state index contributed by atoms with van der Waals surface area (Å²) in [5.41, 5.74) is 5.00. The fraction of sp³-hybridized carbons (Fsp3) is 0.0769. The van der Waals surface area contributed by atoms with Gasteiger partial charge in [-0.25, -0.2) is 0 Å². The second-order valence-electron chi connectivity index (χ2n) is 7.03. The van der Waals surface area contributed by atoms with Crippen LogP contribution < -0.4 is 10.3 Å². The highest BCUT2D eigenvalue weighted by atomic mass is 16.5. The molecule has 0 unspecified atom stereocenters. The summed E-state index contributed by atoms with van der Waals surface area (Å²) in [5, 5.41) is 9.52. The van der Waals surface area contributed by atoms with Crippen LogP contribution in [0.1, 0.15) is 16.8 Å².